The first kappa shape index (κ1) is 107. The lowest BCUT2D eigenvalue weighted by Gasteiger charge is -2.33. The molecule has 0 aromatic rings. The molecule has 0 fully saturated rings. The monoisotopic (exact) mass is 1600 g/mol. The lowest BCUT2D eigenvalue weighted by Crippen LogP contribution is -2.50. The smallest absolute Gasteiger partial charge is 0.321 e. The molecule has 0 radical (unpaired) electrons. The maximum atomic E-state index is 14.2. The number of rotatable bonds is 89. The van der Waals surface area contributed by atoms with Crippen LogP contribution in [-0.4, -0.2) is 217 Å². The molecule has 0 aliphatic rings. The van der Waals surface area contributed by atoms with E-state index in [1.165, 1.54) is 223 Å². The van der Waals surface area contributed by atoms with Crippen LogP contribution in [0.5, 0.6) is 0 Å². The van der Waals surface area contributed by atoms with E-state index in [0.29, 0.717) is 25.7 Å². The fourth-order valence-electron chi connectivity index (χ4n) is 14.1. The summed E-state index contributed by atoms with van der Waals surface area (Å²) in [6.07, 6.45) is 56.3. The van der Waals surface area contributed by atoms with E-state index in [4.69, 9.17) is 33.2 Å². The van der Waals surface area contributed by atoms with Crippen molar-refractivity contribution in [3.63, 3.8) is 0 Å². The molecular weight excluding hydrogens is 1430 g/mol. The molecule has 4 atom stereocenters. The summed E-state index contributed by atoms with van der Waals surface area (Å²) >= 11 is 0. The maximum Gasteiger partial charge on any atom is 0.321 e. The van der Waals surface area contributed by atoms with Gasteiger partial charge in [-0.3, -0.25) is 57.9 Å². The van der Waals surface area contributed by atoms with Crippen LogP contribution < -0.4 is 0 Å². The number of carbonyl (C=O) groups excluding carboxylic acids is 4. The second-order valence-corrected chi connectivity index (χ2v) is 31.3. The molecule has 0 heterocycles. The van der Waals surface area contributed by atoms with Crippen molar-refractivity contribution in [1.82, 2.24) is 14.7 Å². The predicted octanol–water partition coefficient (Wildman–Crippen LogP) is 18.9. The van der Waals surface area contributed by atoms with Gasteiger partial charge in [0.1, 0.15) is 38.1 Å². The largest absolute Gasteiger partial charge is 0.480 e. The van der Waals surface area contributed by atoms with Gasteiger partial charge in [0.15, 0.2) is 6.10 Å². The highest BCUT2D eigenvalue weighted by Gasteiger charge is 2.37. The Hall–Kier alpha value is -5.01. The minimum atomic E-state index is -1.67. The van der Waals surface area contributed by atoms with Crippen molar-refractivity contribution in [3.05, 3.63) is 0 Å². The average molecular weight is 1600 g/mol. The van der Waals surface area contributed by atoms with Gasteiger partial charge < -0.3 is 58.7 Å². The lowest BCUT2D eigenvalue weighted by molar-refractivity contribution is -0.190. The Balaban J connectivity index is 6.92. The first-order valence-corrected chi connectivity index (χ1v) is 45.1. The summed E-state index contributed by atoms with van der Waals surface area (Å²) in [6, 6.07) is -1.67. The molecule has 0 aromatic carbocycles. The summed E-state index contributed by atoms with van der Waals surface area (Å²) in [5, 5.41) is 48.3. The van der Waals surface area contributed by atoms with Crippen molar-refractivity contribution < 1.29 is 102 Å². The number of carboxylic acids is 5. The maximum absolute atomic E-state index is 14.2. The molecule has 112 heavy (non-hydrogen) atoms. The Labute approximate surface area is 677 Å². The SMILES string of the molecule is CCCCCCCCCCCCCCCOC(COC(=O)CCCCCCCCCCCCCCC)C(OCCOCCOC(=O)CC(C(=O)O)N(CCN(CC(=O)O)CC(=O)O)CCN(CC(=O)O)CC(=O)O)C(COC(=O)CCCCCCCCCCCCCCC)OC(=O)CCCCCCCCCCCCCCC. The fourth-order valence-corrected chi connectivity index (χ4v) is 14.1. The zero-order valence-corrected chi connectivity index (χ0v) is 71.1. The number of nitrogens with zero attached hydrogens (tertiary/aromatic N) is 3. The van der Waals surface area contributed by atoms with Crippen LogP contribution in [0.2, 0.25) is 0 Å². The van der Waals surface area contributed by atoms with Crippen molar-refractivity contribution in [2.24, 2.45) is 0 Å². The number of hydrogen-bond donors (Lipinski definition) is 5. The van der Waals surface area contributed by atoms with Gasteiger partial charge in [-0.25, -0.2) is 0 Å². The number of carboxylic acid groups (broad SMARTS) is 5. The van der Waals surface area contributed by atoms with Crippen LogP contribution in [0.15, 0.2) is 0 Å². The molecule has 24 nitrogen and oxygen atoms in total. The van der Waals surface area contributed by atoms with Crippen LogP contribution in [-0.2, 0) is 76.3 Å². The van der Waals surface area contributed by atoms with E-state index in [1.54, 1.807) is 0 Å². The van der Waals surface area contributed by atoms with Crippen LogP contribution in [0, 0.1) is 0 Å². The van der Waals surface area contributed by atoms with Crippen LogP contribution in [0.25, 0.3) is 0 Å². The molecular formula is C88H163N3O21. The number of aliphatic carboxylic acids is 5. The molecule has 5 N–H and O–H groups in total. The highest BCUT2D eigenvalue weighted by Crippen LogP contribution is 2.23. The quantitative estimate of drug-likeness (QED) is 0.0214. The third kappa shape index (κ3) is 71.5. The molecule has 0 amide bonds. The molecule has 0 saturated heterocycles. The molecule has 0 rings (SSSR count). The second kappa shape index (κ2) is 79.8. The number of carbonyl (C=O) groups is 9. The van der Waals surface area contributed by atoms with Crippen molar-refractivity contribution in [1.29, 1.82) is 0 Å². The minimum Gasteiger partial charge on any atom is -0.480 e. The molecule has 0 spiro atoms. The van der Waals surface area contributed by atoms with Gasteiger partial charge in [-0.15, -0.1) is 0 Å². The highest BCUT2D eigenvalue weighted by molar-refractivity contribution is 5.81. The Kier molecular flexibility index (Phi) is 76.2. The Morgan fingerprint density at radius 3 is 0.875 bits per heavy atom. The van der Waals surface area contributed by atoms with Crippen molar-refractivity contribution in [2.45, 2.75) is 412 Å². The first-order chi connectivity index (χ1) is 54.4. The zero-order valence-electron chi connectivity index (χ0n) is 71.1. The lowest BCUT2D eigenvalue weighted by atomic mass is 10.0. The van der Waals surface area contributed by atoms with Crippen LogP contribution >= 0.6 is 0 Å². The molecule has 0 bridgehead atoms. The van der Waals surface area contributed by atoms with Gasteiger partial charge in [0.2, 0.25) is 0 Å². The molecule has 0 saturated carbocycles. The molecule has 0 aromatic heterocycles. The Bertz CT molecular complexity index is 2210. The molecule has 0 aliphatic carbocycles. The summed E-state index contributed by atoms with van der Waals surface area (Å²) in [6.45, 7) is 3.65. The van der Waals surface area contributed by atoms with Crippen LogP contribution in [0.4, 0.5) is 0 Å². The molecule has 24 heteroatoms. The van der Waals surface area contributed by atoms with Gasteiger partial charge >= 0.3 is 53.7 Å². The highest BCUT2D eigenvalue weighted by atomic mass is 16.6. The van der Waals surface area contributed by atoms with Gasteiger partial charge in [0.25, 0.3) is 0 Å². The summed E-state index contributed by atoms with van der Waals surface area (Å²) in [7, 11) is 0. The number of hydrogen-bond acceptors (Lipinski definition) is 19. The molecule has 656 valence electrons. The zero-order chi connectivity index (χ0) is 82.4. The van der Waals surface area contributed by atoms with Crippen LogP contribution in [0.1, 0.15) is 387 Å². The van der Waals surface area contributed by atoms with E-state index in [2.05, 4.69) is 27.7 Å². The second-order valence-electron chi connectivity index (χ2n) is 31.3. The normalized spacial score (nSPS) is 12.7. The Morgan fingerprint density at radius 1 is 0.277 bits per heavy atom. The van der Waals surface area contributed by atoms with E-state index >= 15 is 0 Å². The molecule has 4 unspecified atom stereocenters. The van der Waals surface area contributed by atoms with Crippen LogP contribution in [0.3, 0.4) is 0 Å². The number of esters is 4. The van der Waals surface area contributed by atoms with E-state index in [0.717, 1.165) is 99.7 Å². The third-order valence-electron chi connectivity index (χ3n) is 20.8. The van der Waals surface area contributed by atoms with E-state index < -0.39 is 111 Å². The van der Waals surface area contributed by atoms with E-state index in [9.17, 15) is 68.7 Å². The van der Waals surface area contributed by atoms with Crippen molar-refractivity contribution >= 4 is 53.7 Å². The van der Waals surface area contributed by atoms with Crippen molar-refractivity contribution in [2.75, 3.05) is 98.6 Å². The molecule has 0 aliphatic heterocycles. The number of ether oxygens (including phenoxy) is 7. The first-order valence-electron chi connectivity index (χ1n) is 45.1. The van der Waals surface area contributed by atoms with Gasteiger partial charge in [0.05, 0.1) is 52.4 Å². The summed E-state index contributed by atoms with van der Waals surface area (Å²) < 4.78 is 43.2. The third-order valence-corrected chi connectivity index (χ3v) is 20.8. The number of unbranched alkanes of at least 4 members (excludes halogenated alkanes) is 48. The van der Waals surface area contributed by atoms with Gasteiger partial charge in [0, 0.05) is 52.0 Å². The van der Waals surface area contributed by atoms with E-state index in [1.807, 2.05) is 0 Å². The van der Waals surface area contributed by atoms with Gasteiger partial charge in [-0.2, -0.15) is 0 Å². The van der Waals surface area contributed by atoms with Gasteiger partial charge in [-0.1, -0.05) is 336 Å². The van der Waals surface area contributed by atoms with E-state index in [-0.39, 0.29) is 91.7 Å². The predicted molar refractivity (Wildman–Crippen MR) is 441 cm³/mol. The summed E-state index contributed by atoms with van der Waals surface area (Å²) in [5.41, 5.74) is 0. The summed E-state index contributed by atoms with van der Waals surface area (Å²) in [5.74, 6) is -9.27. The standard InChI is InChI=1S/C88H163N3O21/c1-5-9-13-17-21-25-29-33-37-41-45-49-53-57-83(100)110-74-77(107-64-56-52-48-44-40-36-32-28-24-20-16-12-8-4)87(109-68-66-106-65-67-108-86(103)69-76(88(104)105)91(62-60-89(70-79(92)93)71-80(94)95)63-61-90(72-81(96)97)73-82(98)99)78(112-85(102)59-55-51-47-43-39-35-31-27-23-19-15-11-7-3)75-111-84(101)58-54-50-46-42-38-34-30-26-22-18-14-10-6-2/h76-78,87H,5-75H2,1-4H3,(H,92,93)(H,94,95)(H,96,97)(H,98,99)(H,104,105). The summed E-state index contributed by atoms with van der Waals surface area (Å²) in [4.78, 5) is 118. The Morgan fingerprint density at radius 2 is 0.562 bits per heavy atom. The topological polar surface area (TPSA) is 329 Å². The fraction of sp³-hybridized carbons (Fsp3) is 0.898. The van der Waals surface area contributed by atoms with Gasteiger partial charge in [-0.05, 0) is 25.7 Å². The van der Waals surface area contributed by atoms with Crippen molar-refractivity contribution in [3.8, 4) is 0 Å². The minimum absolute atomic E-state index is 0.116. The average Bonchev–Trinajstić information content (AvgIpc) is 0.851.